The number of hydrogen-bond acceptors (Lipinski definition) is 6. The maximum Gasteiger partial charge on any atom is 0.266 e. The molecule has 1 amide bonds. The van der Waals surface area contributed by atoms with Crippen molar-refractivity contribution in [1.29, 1.82) is 0 Å². The van der Waals surface area contributed by atoms with Crippen LogP contribution in [0.15, 0.2) is 23.1 Å². The van der Waals surface area contributed by atoms with E-state index in [1.165, 1.54) is 16.7 Å². The average molecular weight is 353 g/mol. The summed E-state index contributed by atoms with van der Waals surface area (Å²) in [6, 6.07) is 5.51. The normalized spacial score (nSPS) is 16.3. The number of ether oxygens (including phenoxy) is 2. The van der Waals surface area contributed by atoms with E-state index in [9.17, 15) is 4.79 Å². The van der Waals surface area contributed by atoms with E-state index in [0.717, 1.165) is 5.56 Å². The molecule has 0 saturated carbocycles. The molecule has 1 aromatic carbocycles. The zero-order chi connectivity index (χ0) is 16.8. The van der Waals surface area contributed by atoms with Gasteiger partial charge in [-0.05, 0) is 37.1 Å². The fraction of sp³-hybridized carbons (Fsp3) is 0.375. The van der Waals surface area contributed by atoms with E-state index in [4.69, 9.17) is 26.8 Å². The fourth-order valence-electron chi connectivity index (χ4n) is 2.12. The minimum absolute atomic E-state index is 0.0339. The number of thiocarbonyl (C=S) groups is 1. The first kappa shape index (κ1) is 17.8. The number of rotatable bonds is 7. The minimum Gasteiger partial charge on any atom is -0.493 e. The van der Waals surface area contributed by atoms with Crippen molar-refractivity contribution >= 4 is 40.3 Å². The highest BCUT2D eigenvalue weighted by Gasteiger charge is 2.31. The summed E-state index contributed by atoms with van der Waals surface area (Å²) < 4.78 is 11.3. The Hall–Kier alpha value is -1.57. The lowest BCUT2D eigenvalue weighted by molar-refractivity contribution is -0.122. The number of aliphatic hydroxyl groups excluding tert-OH is 1. The quantitative estimate of drug-likeness (QED) is 0.601. The molecule has 0 unspecified atom stereocenters. The van der Waals surface area contributed by atoms with Crippen LogP contribution >= 0.6 is 24.0 Å². The summed E-state index contributed by atoms with van der Waals surface area (Å²) in [5.74, 6) is 1.17. The van der Waals surface area contributed by atoms with E-state index >= 15 is 0 Å². The van der Waals surface area contributed by atoms with Gasteiger partial charge in [-0.2, -0.15) is 0 Å². The molecule has 0 aliphatic carbocycles. The molecule has 1 aliphatic rings. The summed E-state index contributed by atoms with van der Waals surface area (Å²) in [4.78, 5) is 14.5. The molecular formula is C16H19NO4S2. The molecule has 5 nitrogen and oxygen atoms in total. The highest BCUT2D eigenvalue weighted by molar-refractivity contribution is 8.26. The Bertz CT molecular complexity index is 631. The number of amides is 1. The van der Waals surface area contributed by atoms with Crippen LogP contribution in [0.2, 0.25) is 0 Å². The largest absolute Gasteiger partial charge is 0.493 e. The smallest absolute Gasteiger partial charge is 0.266 e. The van der Waals surface area contributed by atoms with E-state index in [1.54, 1.807) is 13.2 Å². The van der Waals surface area contributed by atoms with E-state index < -0.39 is 0 Å². The predicted molar refractivity (Wildman–Crippen MR) is 95.7 cm³/mol. The highest BCUT2D eigenvalue weighted by Crippen LogP contribution is 2.34. The molecule has 124 valence electrons. The molecule has 0 bridgehead atoms. The molecule has 23 heavy (non-hydrogen) atoms. The molecule has 0 atom stereocenters. The summed E-state index contributed by atoms with van der Waals surface area (Å²) in [5.41, 5.74) is 0.841. The zero-order valence-electron chi connectivity index (χ0n) is 13.1. The van der Waals surface area contributed by atoms with Gasteiger partial charge in [0.25, 0.3) is 5.91 Å². The van der Waals surface area contributed by atoms with Crippen LogP contribution in [-0.2, 0) is 4.79 Å². The number of nitrogens with zero attached hydrogens (tertiary/aromatic N) is 1. The van der Waals surface area contributed by atoms with E-state index in [-0.39, 0.29) is 12.5 Å². The Morgan fingerprint density at radius 1 is 1.39 bits per heavy atom. The Morgan fingerprint density at radius 2 is 2.17 bits per heavy atom. The SMILES string of the molecule is CCOc1ccc(/C=C2\SC(=S)N(CCCO)C2=O)cc1OC. The summed E-state index contributed by atoms with van der Waals surface area (Å²) in [6.45, 7) is 2.93. The Morgan fingerprint density at radius 3 is 2.83 bits per heavy atom. The van der Waals surface area contributed by atoms with Crippen molar-refractivity contribution in [3.63, 3.8) is 0 Å². The number of methoxy groups -OCH3 is 1. The molecular weight excluding hydrogens is 334 g/mol. The van der Waals surface area contributed by atoms with Gasteiger partial charge in [0.1, 0.15) is 4.32 Å². The number of benzene rings is 1. The number of thioether (sulfide) groups is 1. The summed E-state index contributed by atoms with van der Waals surface area (Å²) in [5, 5.41) is 8.90. The van der Waals surface area contributed by atoms with Gasteiger partial charge < -0.3 is 14.6 Å². The standard InChI is InChI=1S/C16H19NO4S2/c1-3-21-12-6-5-11(9-13(12)20-2)10-14-15(19)17(7-4-8-18)16(22)23-14/h5-6,9-10,18H,3-4,7-8H2,1-2H3/b14-10-. The lowest BCUT2D eigenvalue weighted by Gasteiger charge is -2.12. The predicted octanol–water partition coefficient (Wildman–Crippen LogP) is 2.68. The summed E-state index contributed by atoms with van der Waals surface area (Å²) >= 11 is 6.50. The molecule has 7 heteroatoms. The van der Waals surface area contributed by atoms with Crippen molar-refractivity contribution < 1.29 is 19.4 Å². The molecule has 1 fully saturated rings. The van der Waals surface area contributed by atoms with Crippen molar-refractivity contribution in [2.75, 3.05) is 26.9 Å². The van der Waals surface area contributed by atoms with Crippen LogP contribution in [0, 0.1) is 0 Å². The third-order valence-electron chi connectivity index (χ3n) is 3.20. The maximum absolute atomic E-state index is 12.4. The molecule has 0 radical (unpaired) electrons. The lowest BCUT2D eigenvalue weighted by Crippen LogP contribution is -2.29. The van der Waals surface area contributed by atoms with Crippen LogP contribution in [0.4, 0.5) is 0 Å². The third-order valence-corrected chi connectivity index (χ3v) is 4.58. The fourth-order valence-corrected chi connectivity index (χ4v) is 3.43. The van der Waals surface area contributed by atoms with Crippen molar-refractivity contribution in [3.8, 4) is 11.5 Å². The number of carbonyl (C=O) groups excluding carboxylic acids is 1. The number of carbonyl (C=O) groups is 1. The molecule has 1 heterocycles. The van der Waals surface area contributed by atoms with Crippen molar-refractivity contribution in [2.24, 2.45) is 0 Å². The Balaban J connectivity index is 2.21. The van der Waals surface area contributed by atoms with Crippen LogP contribution in [0.25, 0.3) is 6.08 Å². The number of hydrogen-bond donors (Lipinski definition) is 1. The van der Waals surface area contributed by atoms with Gasteiger partial charge in [-0.25, -0.2) is 0 Å². The summed E-state index contributed by atoms with van der Waals surface area (Å²) in [7, 11) is 1.58. The molecule has 1 N–H and O–H groups in total. The molecule has 0 aromatic heterocycles. The molecule has 1 aliphatic heterocycles. The van der Waals surface area contributed by atoms with Gasteiger partial charge in [0.15, 0.2) is 11.5 Å². The molecule has 1 saturated heterocycles. The first-order chi connectivity index (χ1) is 11.1. The second-order valence-electron chi connectivity index (χ2n) is 4.75. The van der Waals surface area contributed by atoms with E-state index in [1.807, 2.05) is 25.1 Å². The van der Waals surface area contributed by atoms with Crippen LogP contribution in [-0.4, -0.2) is 47.1 Å². The van der Waals surface area contributed by atoms with Crippen LogP contribution in [0.5, 0.6) is 11.5 Å². The Kier molecular flexibility index (Phi) is 6.44. The molecule has 2 rings (SSSR count). The second kappa shape index (κ2) is 8.33. The minimum atomic E-state index is -0.124. The zero-order valence-corrected chi connectivity index (χ0v) is 14.7. The van der Waals surface area contributed by atoms with Crippen molar-refractivity contribution in [2.45, 2.75) is 13.3 Å². The van der Waals surface area contributed by atoms with Gasteiger partial charge in [0.05, 0.1) is 18.6 Å². The van der Waals surface area contributed by atoms with Gasteiger partial charge in [-0.3, -0.25) is 9.69 Å². The maximum atomic E-state index is 12.4. The van der Waals surface area contributed by atoms with Crippen molar-refractivity contribution in [1.82, 2.24) is 4.90 Å². The lowest BCUT2D eigenvalue weighted by atomic mass is 10.2. The van der Waals surface area contributed by atoms with Crippen LogP contribution in [0.3, 0.4) is 0 Å². The summed E-state index contributed by atoms with van der Waals surface area (Å²) in [6.07, 6.45) is 2.30. The van der Waals surface area contributed by atoms with Crippen molar-refractivity contribution in [3.05, 3.63) is 28.7 Å². The second-order valence-corrected chi connectivity index (χ2v) is 6.43. The van der Waals surface area contributed by atoms with Gasteiger partial charge in [-0.15, -0.1) is 0 Å². The van der Waals surface area contributed by atoms with Gasteiger partial charge in [-0.1, -0.05) is 30.0 Å². The van der Waals surface area contributed by atoms with Crippen LogP contribution < -0.4 is 9.47 Å². The monoisotopic (exact) mass is 353 g/mol. The van der Waals surface area contributed by atoms with Gasteiger partial charge in [0, 0.05) is 13.2 Å². The first-order valence-electron chi connectivity index (χ1n) is 7.27. The van der Waals surface area contributed by atoms with Gasteiger partial charge in [0.2, 0.25) is 0 Å². The highest BCUT2D eigenvalue weighted by atomic mass is 32.2. The third kappa shape index (κ3) is 4.25. The van der Waals surface area contributed by atoms with Crippen LogP contribution in [0.1, 0.15) is 18.9 Å². The molecule has 0 spiro atoms. The van der Waals surface area contributed by atoms with E-state index in [0.29, 0.717) is 40.3 Å². The first-order valence-corrected chi connectivity index (χ1v) is 8.50. The van der Waals surface area contributed by atoms with E-state index in [2.05, 4.69) is 0 Å². The number of aliphatic hydroxyl groups is 1. The molecule has 1 aromatic rings. The Labute approximate surface area is 145 Å². The topological polar surface area (TPSA) is 59.0 Å². The average Bonchev–Trinajstić information content (AvgIpc) is 2.81. The van der Waals surface area contributed by atoms with Gasteiger partial charge >= 0.3 is 0 Å².